The first kappa shape index (κ1) is 13.5. The molecule has 3 aromatic rings. The van der Waals surface area contributed by atoms with E-state index >= 15 is 0 Å². The Morgan fingerprint density at radius 2 is 2.09 bits per heavy atom. The number of anilines is 1. The Balaban J connectivity index is 2.07. The largest absolute Gasteiger partial charge is 0.432 e. The van der Waals surface area contributed by atoms with Gasteiger partial charge in [-0.15, -0.1) is 0 Å². The molecule has 6 nitrogen and oxygen atoms in total. The van der Waals surface area contributed by atoms with Gasteiger partial charge in [-0.2, -0.15) is 0 Å². The molecule has 4 rings (SSSR count). The molecule has 114 valence electrons. The van der Waals surface area contributed by atoms with Crippen molar-refractivity contribution in [1.82, 2.24) is 15.0 Å². The molecular formula is C16H19N5O. The summed E-state index contributed by atoms with van der Waals surface area (Å²) in [5, 5.41) is 1.04. The third-order valence-corrected chi connectivity index (χ3v) is 4.30. The second kappa shape index (κ2) is 4.91. The minimum Gasteiger partial charge on any atom is -0.432 e. The Morgan fingerprint density at radius 3 is 2.86 bits per heavy atom. The smallest absolute Gasteiger partial charge is 0.229 e. The molecule has 22 heavy (non-hydrogen) atoms. The number of nitrogen functional groups attached to an aromatic ring is 1. The van der Waals surface area contributed by atoms with Gasteiger partial charge in [0.1, 0.15) is 11.8 Å². The monoisotopic (exact) mass is 297 g/mol. The highest BCUT2D eigenvalue weighted by Crippen LogP contribution is 2.38. The highest BCUT2D eigenvalue weighted by atomic mass is 16.3. The summed E-state index contributed by atoms with van der Waals surface area (Å²) in [6.07, 6.45) is 5.81. The number of nitrogens with one attached hydrogen (secondary N) is 1. The van der Waals surface area contributed by atoms with E-state index in [0.29, 0.717) is 23.0 Å². The lowest BCUT2D eigenvalue weighted by Crippen LogP contribution is -2.08. The van der Waals surface area contributed by atoms with E-state index in [0.717, 1.165) is 30.2 Å². The summed E-state index contributed by atoms with van der Waals surface area (Å²) in [5.41, 5.74) is 8.53. The summed E-state index contributed by atoms with van der Waals surface area (Å²) in [5.74, 6) is 6.60. The zero-order valence-electron chi connectivity index (χ0n) is 12.8. The Kier molecular flexibility index (Phi) is 3.00. The van der Waals surface area contributed by atoms with Crippen molar-refractivity contribution in [3.63, 3.8) is 0 Å². The zero-order valence-corrected chi connectivity index (χ0v) is 12.8. The van der Waals surface area contributed by atoms with E-state index in [4.69, 9.17) is 15.2 Å². The number of furan rings is 1. The van der Waals surface area contributed by atoms with Crippen LogP contribution in [-0.4, -0.2) is 15.0 Å². The van der Waals surface area contributed by atoms with Crippen LogP contribution < -0.4 is 11.3 Å². The van der Waals surface area contributed by atoms with Gasteiger partial charge in [0, 0.05) is 5.69 Å². The predicted molar refractivity (Wildman–Crippen MR) is 85.5 cm³/mol. The van der Waals surface area contributed by atoms with Crippen molar-refractivity contribution >= 4 is 28.0 Å². The number of aryl methyl sites for hydroxylation is 1. The highest BCUT2D eigenvalue weighted by Gasteiger charge is 2.25. The van der Waals surface area contributed by atoms with E-state index < -0.39 is 0 Å². The van der Waals surface area contributed by atoms with Crippen LogP contribution in [0.2, 0.25) is 0 Å². The summed E-state index contributed by atoms with van der Waals surface area (Å²) in [6, 6.07) is 0. The van der Waals surface area contributed by atoms with Crippen molar-refractivity contribution in [3.05, 3.63) is 23.1 Å². The van der Waals surface area contributed by atoms with Crippen LogP contribution in [0.4, 0.5) is 5.82 Å². The van der Waals surface area contributed by atoms with Crippen molar-refractivity contribution < 1.29 is 4.42 Å². The molecule has 0 atom stereocenters. The van der Waals surface area contributed by atoms with Crippen LogP contribution in [0.15, 0.2) is 10.7 Å². The van der Waals surface area contributed by atoms with Crippen molar-refractivity contribution in [2.24, 2.45) is 11.8 Å². The highest BCUT2D eigenvalue weighted by molar-refractivity contribution is 6.06. The number of hydrogen-bond acceptors (Lipinski definition) is 6. The molecule has 3 aromatic heterocycles. The fourth-order valence-electron chi connectivity index (χ4n) is 3.43. The molecule has 3 heterocycles. The van der Waals surface area contributed by atoms with E-state index in [1.54, 1.807) is 0 Å². The molecule has 0 aromatic carbocycles. The quantitative estimate of drug-likeness (QED) is 0.570. The maximum Gasteiger partial charge on any atom is 0.229 e. The van der Waals surface area contributed by atoms with Crippen molar-refractivity contribution in [2.45, 2.75) is 39.5 Å². The standard InChI is InChI=1S/C16H19N5O/c1-8(2)6-11-9-4-3-5-10(9)12-13-14(22-16(12)20-11)15(21-17)19-7-18-13/h7-8H,3-6,17H2,1-2H3,(H,18,19,21). The lowest BCUT2D eigenvalue weighted by molar-refractivity contribution is 0.616. The van der Waals surface area contributed by atoms with Gasteiger partial charge < -0.3 is 9.84 Å². The van der Waals surface area contributed by atoms with Crippen LogP contribution >= 0.6 is 0 Å². The van der Waals surface area contributed by atoms with Crippen LogP contribution in [0.1, 0.15) is 37.1 Å². The molecule has 0 spiro atoms. The van der Waals surface area contributed by atoms with E-state index in [1.165, 1.54) is 29.6 Å². The number of pyridine rings is 1. The molecule has 0 fully saturated rings. The second-order valence-electron chi connectivity index (χ2n) is 6.29. The van der Waals surface area contributed by atoms with Crippen LogP contribution in [-0.2, 0) is 19.3 Å². The van der Waals surface area contributed by atoms with E-state index in [1.807, 2.05) is 0 Å². The summed E-state index contributed by atoms with van der Waals surface area (Å²) < 4.78 is 5.94. The van der Waals surface area contributed by atoms with Crippen LogP contribution in [0, 0.1) is 5.92 Å². The molecule has 0 amide bonds. The molecule has 0 radical (unpaired) electrons. The third-order valence-electron chi connectivity index (χ3n) is 4.30. The van der Waals surface area contributed by atoms with E-state index in [-0.39, 0.29) is 0 Å². The van der Waals surface area contributed by atoms with Gasteiger partial charge in [0.05, 0.1) is 5.39 Å². The molecule has 0 saturated heterocycles. The molecule has 0 saturated carbocycles. The Hall–Kier alpha value is -2.21. The van der Waals surface area contributed by atoms with E-state index in [2.05, 4.69) is 29.2 Å². The SMILES string of the molecule is CC(C)Cc1nc2oc3c(NN)ncnc3c2c2c1CCC2. The Labute approximate surface area is 128 Å². The zero-order chi connectivity index (χ0) is 15.3. The average Bonchev–Trinajstić information content (AvgIpc) is 3.09. The lowest BCUT2D eigenvalue weighted by atomic mass is 9.99. The van der Waals surface area contributed by atoms with Crippen molar-refractivity contribution in [1.29, 1.82) is 0 Å². The molecule has 6 heteroatoms. The minimum atomic E-state index is 0.500. The fourth-order valence-corrected chi connectivity index (χ4v) is 3.43. The number of aromatic nitrogens is 3. The van der Waals surface area contributed by atoms with Gasteiger partial charge in [-0.25, -0.2) is 20.8 Å². The Bertz CT molecular complexity index is 868. The van der Waals surface area contributed by atoms with Gasteiger partial charge in [0.15, 0.2) is 11.4 Å². The van der Waals surface area contributed by atoms with Crippen molar-refractivity contribution in [2.75, 3.05) is 5.43 Å². The molecule has 0 bridgehead atoms. The topological polar surface area (TPSA) is 89.9 Å². The summed E-state index contributed by atoms with van der Waals surface area (Å²) in [7, 11) is 0. The summed E-state index contributed by atoms with van der Waals surface area (Å²) >= 11 is 0. The minimum absolute atomic E-state index is 0.500. The number of nitrogens with zero attached hydrogens (tertiary/aromatic N) is 3. The number of hydrogen-bond donors (Lipinski definition) is 2. The number of fused-ring (bicyclic) bond motifs is 5. The first-order valence-electron chi connectivity index (χ1n) is 7.73. The van der Waals surface area contributed by atoms with Gasteiger partial charge in [0.25, 0.3) is 0 Å². The molecule has 3 N–H and O–H groups in total. The van der Waals surface area contributed by atoms with Gasteiger partial charge >= 0.3 is 0 Å². The van der Waals surface area contributed by atoms with Gasteiger partial charge in [-0.3, -0.25) is 0 Å². The molecule has 1 aliphatic rings. The van der Waals surface area contributed by atoms with Gasteiger partial charge in [-0.05, 0) is 42.7 Å². The average molecular weight is 297 g/mol. The lowest BCUT2D eigenvalue weighted by Gasteiger charge is -2.10. The second-order valence-corrected chi connectivity index (χ2v) is 6.29. The summed E-state index contributed by atoms with van der Waals surface area (Å²) in [6.45, 7) is 4.43. The number of rotatable bonds is 3. The normalized spacial score (nSPS) is 14.2. The first-order valence-corrected chi connectivity index (χ1v) is 7.73. The van der Waals surface area contributed by atoms with Crippen LogP contribution in [0.3, 0.4) is 0 Å². The fraction of sp³-hybridized carbons (Fsp3) is 0.438. The summed E-state index contributed by atoms with van der Waals surface area (Å²) in [4.78, 5) is 13.3. The van der Waals surface area contributed by atoms with Gasteiger partial charge in [0.2, 0.25) is 5.71 Å². The number of hydrazine groups is 1. The van der Waals surface area contributed by atoms with Crippen LogP contribution in [0.5, 0.6) is 0 Å². The first-order chi connectivity index (χ1) is 10.7. The molecular weight excluding hydrogens is 278 g/mol. The Morgan fingerprint density at radius 1 is 1.27 bits per heavy atom. The van der Waals surface area contributed by atoms with Gasteiger partial charge in [-0.1, -0.05) is 13.8 Å². The molecule has 1 aliphatic carbocycles. The van der Waals surface area contributed by atoms with E-state index in [9.17, 15) is 0 Å². The maximum atomic E-state index is 5.94. The maximum absolute atomic E-state index is 5.94. The number of nitrogens with two attached hydrogens (primary N) is 1. The van der Waals surface area contributed by atoms with Crippen LogP contribution in [0.25, 0.3) is 22.2 Å². The third kappa shape index (κ3) is 1.87. The predicted octanol–water partition coefficient (Wildman–Crippen LogP) is 2.74. The van der Waals surface area contributed by atoms with Crippen molar-refractivity contribution in [3.8, 4) is 0 Å². The molecule has 0 aliphatic heterocycles. The molecule has 0 unspecified atom stereocenters.